The molecule has 0 atom stereocenters. The summed E-state index contributed by atoms with van der Waals surface area (Å²) in [7, 11) is 0. The number of ether oxygens (including phenoxy) is 2. The number of hydrogen-bond acceptors (Lipinski definition) is 5. The first-order chi connectivity index (χ1) is 15.0. The van der Waals surface area contributed by atoms with Crippen LogP contribution in [0.3, 0.4) is 0 Å². The molecule has 3 N–H and O–H groups in total. The molecule has 7 nitrogen and oxygen atoms in total. The highest BCUT2D eigenvalue weighted by Crippen LogP contribution is 2.31. The van der Waals surface area contributed by atoms with Crippen LogP contribution in [0, 0.1) is 12.8 Å². The van der Waals surface area contributed by atoms with E-state index in [0.717, 1.165) is 24.1 Å². The third kappa shape index (κ3) is 6.50. The molecule has 1 saturated carbocycles. The van der Waals surface area contributed by atoms with Gasteiger partial charge in [-0.25, -0.2) is 0 Å². The first-order valence-electron chi connectivity index (χ1n) is 10.3. The van der Waals surface area contributed by atoms with Gasteiger partial charge in [-0.2, -0.15) is 0 Å². The molecule has 0 unspecified atom stereocenters. The van der Waals surface area contributed by atoms with Crippen LogP contribution in [0.4, 0.5) is 11.4 Å². The molecule has 2 aromatic rings. The SMILES string of the molecule is CCOCCOc1ccccc1C(=O)NC(=S)Nc1cccc(NC(=O)C2CC2)c1C. The van der Waals surface area contributed by atoms with Gasteiger partial charge in [-0.15, -0.1) is 0 Å². The Morgan fingerprint density at radius 1 is 1.03 bits per heavy atom. The van der Waals surface area contributed by atoms with Crippen molar-refractivity contribution in [2.24, 2.45) is 5.92 Å². The molecule has 0 aliphatic heterocycles. The number of benzene rings is 2. The zero-order chi connectivity index (χ0) is 22.2. The molecule has 0 radical (unpaired) electrons. The topological polar surface area (TPSA) is 88.7 Å². The van der Waals surface area contributed by atoms with E-state index < -0.39 is 0 Å². The van der Waals surface area contributed by atoms with Crippen LogP contribution in [0.2, 0.25) is 0 Å². The van der Waals surface area contributed by atoms with E-state index in [9.17, 15) is 9.59 Å². The molecular formula is C23H27N3O4S. The Morgan fingerprint density at radius 3 is 2.45 bits per heavy atom. The summed E-state index contributed by atoms with van der Waals surface area (Å²) in [4.78, 5) is 24.8. The molecule has 1 fully saturated rings. The zero-order valence-electron chi connectivity index (χ0n) is 17.7. The van der Waals surface area contributed by atoms with Crippen molar-refractivity contribution < 1.29 is 19.1 Å². The molecule has 0 aromatic heterocycles. The van der Waals surface area contributed by atoms with Gasteiger partial charge in [-0.3, -0.25) is 14.9 Å². The number of amides is 2. The second kappa shape index (κ2) is 10.9. The van der Waals surface area contributed by atoms with E-state index in [0.29, 0.717) is 36.8 Å². The molecule has 31 heavy (non-hydrogen) atoms. The van der Waals surface area contributed by atoms with Crippen molar-refractivity contribution in [2.75, 3.05) is 30.5 Å². The predicted molar refractivity (Wildman–Crippen MR) is 125 cm³/mol. The minimum atomic E-state index is -0.375. The fourth-order valence-electron chi connectivity index (χ4n) is 2.95. The maximum Gasteiger partial charge on any atom is 0.261 e. The molecule has 2 aromatic carbocycles. The Balaban J connectivity index is 1.61. The number of anilines is 2. The van der Waals surface area contributed by atoms with Gasteiger partial charge in [-0.1, -0.05) is 18.2 Å². The van der Waals surface area contributed by atoms with E-state index in [2.05, 4.69) is 16.0 Å². The number of para-hydroxylation sites is 1. The lowest BCUT2D eigenvalue weighted by atomic mass is 10.1. The zero-order valence-corrected chi connectivity index (χ0v) is 18.5. The fraction of sp³-hybridized carbons (Fsp3) is 0.348. The van der Waals surface area contributed by atoms with Gasteiger partial charge in [0.1, 0.15) is 12.4 Å². The number of hydrogen-bond donors (Lipinski definition) is 3. The van der Waals surface area contributed by atoms with E-state index in [1.165, 1.54) is 0 Å². The van der Waals surface area contributed by atoms with E-state index in [4.69, 9.17) is 21.7 Å². The van der Waals surface area contributed by atoms with Crippen molar-refractivity contribution in [3.63, 3.8) is 0 Å². The Bertz CT molecular complexity index is 960. The molecule has 1 aliphatic rings. The van der Waals surface area contributed by atoms with Crippen molar-refractivity contribution in [2.45, 2.75) is 26.7 Å². The summed E-state index contributed by atoms with van der Waals surface area (Å²) in [5, 5.41) is 8.83. The first-order valence-corrected chi connectivity index (χ1v) is 10.7. The summed E-state index contributed by atoms with van der Waals surface area (Å²) < 4.78 is 10.9. The Labute approximate surface area is 187 Å². The van der Waals surface area contributed by atoms with Gasteiger partial charge < -0.3 is 20.1 Å². The second-order valence-electron chi connectivity index (χ2n) is 7.19. The van der Waals surface area contributed by atoms with Crippen molar-refractivity contribution in [3.8, 4) is 5.75 Å². The fourth-order valence-corrected chi connectivity index (χ4v) is 3.15. The lowest BCUT2D eigenvalue weighted by Gasteiger charge is -2.16. The quantitative estimate of drug-likeness (QED) is 0.404. The molecule has 2 amide bonds. The van der Waals surface area contributed by atoms with E-state index in [-0.39, 0.29) is 22.8 Å². The highest BCUT2D eigenvalue weighted by atomic mass is 32.1. The Hall–Kier alpha value is -2.97. The summed E-state index contributed by atoms with van der Waals surface area (Å²) in [6, 6.07) is 12.5. The predicted octanol–water partition coefficient (Wildman–Crippen LogP) is 3.89. The lowest BCUT2D eigenvalue weighted by Crippen LogP contribution is -2.34. The Kier molecular flexibility index (Phi) is 7.97. The van der Waals surface area contributed by atoms with Crippen LogP contribution in [0.25, 0.3) is 0 Å². The molecule has 0 saturated heterocycles. The van der Waals surface area contributed by atoms with Crippen LogP contribution in [0.1, 0.15) is 35.7 Å². The number of carbonyl (C=O) groups excluding carboxylic acids is 2. The maximum absolute atomic E-state index is 12.7. The van der Waals surface area contributed by atoms with Crippen LogP contribution in [-0.2, 0) is 9.53 Å². The Morgan fingerprint density at radius 2 is 1.74 bits per heavy atom. The normalized spacial score (nSPS) is 12.7. The summed E-state index contributed by atoms with van der Waals surface area (Å²) in [5.74, 6) is 0.244. The summed E-state index contributed by atoms with van der Waals surface area (Å²) in [6.07, 6.45) is 1.88. The highest BCUT2D eigenvalue weighted by molar-refractivity contribution is 7.80. The minimum absolute atomic E-state index is 0.0390. The summed E-state index contributed by atoms with van der Waals surface area (Å²) >= 11 is 5.33. The number of carbonyl (C=O) groups is 2. The van der Waals surface area contributed by atoms with Gasteiger partial charge in [0.15, 0.2) is 5.11 Å². The monoisotopic (exact) mass is 441 g/mol. The molecule has 164 valence electrons. The van der Waals surface area contributed by atoms with Crippen LogP contribution in [-0.4, -0.2) is 36.7 Å². The van der Waals surface area contributed by atoms with Crippen molar-refractivity contribution in [1.82, 2.24) is 5.32 Å². The largest absolute Gasteiger partial charge is 0.490 e. The average Bonchev–Trinajstić information content (AvgIpc) is 3.60. The third-order valence-electron chi connectivity index (χ3n) is 4.84. The van der Waals surface area contributed by atoms with E-state index >= 15 is 0 Å². The molecular weight excluding hydrogens is 414 g/mol. The van der Waals surface area contributed by atoms with Crippen LogP contribution in [0.15, 0.2) is 42.5 Å². The van der Waals surface area contributed by atoms with Gasteiger partial charge in [0.2, 0.25) is 5.91 Å². The highest BCUT2D eigenvalue weighted by Gasteiger charge is 2.29. The van der Waals surface area contributed by atoms with Crippen molar-refractivity contribution in [1.29, 1.82) is 0 Å². The first kappa shape index (κ1) is 22.7. The maximum atomic E-state index is 12.7. The second-order valence-corrected chi connectivity index (χ2v) is 7.60. The molecule has 1 aliphatic carbocycles. The standard InChI is InChI=1S/C23H27N3O4S/c1-3-29-13-14-30-20-10-5-4-7-17(20)22(28)26-23(31)25-19-9-6-8-18(15(19)2)24-21(27)16-11-12-16/h4-10,16H,3,11-14H2,1-2H3,(H,24,27)(H2,25,26,28,31). The molecule has 0 heterocycles. The van der Waals surface area contributed by atoms with Crippen molar-refractivity contribution in [3.05, 3.63) is 53.6 Å². The third-order valence-corrected chi connectivity index (χ3v) is 5.04. The van der Waals surface area contributed by atoms with E-state index in [1.54, 1.807) is 24.3 Å². The van der Waals surface area contributed by atoms with Crippen LogP contribution >= 0.6 is 12.2 Å². The van der Waals surface area contributed by atoms with Gasteiger partial charge >= 0.3 is 0 Å². The summed E-state index contributed by atoms with van der Waals surface area (Å²) in [6.45, 7) is 5.19. The van der Waals surface area contributed by atoms with Gasteiger partial charge in [0, 0.05) is 23.9 Å². The molecule has 0 spiro atoms. The number of rotatable bonds is 9. The molecule has 8 heteroatoms. The molecule has 3 rings (SSSR count). The summed E-state index contributed by atoms with van der Waals surface area (Å²) in [5.41, 5.74) is 2.65. The number of nitrogens with one attached hydrogen (secondary N) is 3. The average molecular weight is 442 g/mol. The van der Waals surface area contributed by atoms with Crippen molar-refractivity contribution >= 4 is 40.5 Å². The number of thiocarbonyl (C=S) groups is 1. The smallest absolute Gasteiger partial charge is 0.261 e. The van der Waals surface area contributed by atoms with Crippen LogP contribution < -0.4 is 20.7 Å². The lowest BCUT2D eigenvalue weighted by molar-refractivity contribution is -0.117. The van der Waals surface area contributed by atoms with Gasteiger partial charge in [0.25, 0.3) is 5.91 Å². The van der Waals surface area contributed by atoms with Crippen LogP contribution in [0.5, 0.6) is 5.75 Å². The van der Waals surface area contributed by atoms with Gasteiger partial charge in [0.05, 0.1) is 12.2 Å². The van der Waals surface area contributed by atoms with E-state index in [1.807, 2.05) is 32.0 Å². The molecule has 0 bridgehead atoms. The van der Waals surface area contributed by atoms with Gasteiger partial charge in [-0.05, 0) is 68.7 Å². The minimum Gasteiger partial charge on any atom is -0.490 e.